The van der Waals surface area contributed by atoms with E-state index in [2.05, 4.69) is 0 Å². The Kier molecular flexibility index (Phi) is 4.61. The molecule has 0 aliphatic carbocycles. The second kappa shape index (κ2) is 5.85. The number of aromatic nitrogens is 2. The standard InChI is InChI=1S/C11H16FN2O9P/c1-10(18)7(16)11(2,23-8(10)22-4-24(19,20)21)14-3-5(12)6(15)13-9(14)17/h3,7-8,16,18H,4H2,1-2H3,(H,13,15,17)(H2,19,20,21)/t7-,8+,10+,11-/m1/s1. The van der Waals surface area contributed by atoms with Crippen LogP contribution in [0, 0.1) is 5.82 Å². The van der Waals surface area contributed by atoms with E-state index in [4.69, 9.17) is 19.3 Å². The Bertz CT molecular complexity index is 799. The Hall–Kier alpha value is -1.40. The summed E-state index contributed by atoms with van der Waals surface area (Å²) in [7, 11) is -4.60. The summed E-state index contributed by atoms with van der Waals surface area (Å²) in [5.41, 5.74) is -6.69. The lowest BCUT2D eigenvalue weighted by Crippen LogP contribution is -2.53. The van der Waals surface area contributed by atoms with Crippen molar-refractivity contribution < 1.29 is 38.4 Å². The summed E-state index contributed by atoms with van der Waals surface area (Å²) in [4.78, 5) is 42.3. The lowest BCUT2D eigenvalue weighted by molar-refractivity contribution is -0.219. The van der Waals surface area contributed by atoms with Crippen LogP contribution in [0.3, 0.4) is 0 Å². The van der Waals surface area contributed by atoms with Gasteiger partial charge in [-0.05, 0) is 13.8 Å². The summed E-state index contributed by atoms with van der Waals surface area (Å²) in [5.74, 6) is -1.34. The van der Waals surface area contributed by atoms with Gasteiger partial charge in [0.05, 0.1) is 6.20 Å². The van der Waals surface area contributed by atoms with E-state index in [9.17, 15) is 28.8 Å². The van der Waals surface area contributed by atoms with Gasteiger partial charge in [0.1, 0.15) is 11.7 Å². The Labute approximate surface area is 133 Å². The van der Waals surface area contributed by atoms with Crippen molar-refractivity contribution in [1.29, 1.82) is 0 Å². The summed E-state index contributed by atoms with van der Waals surface area (Å²) in [6.45, 7) is 2.15. The van der Waals surface area contributed by atoms with E-state index in [1.165, 1.54) is 0 Å². The van der Waals surface area contributed by atoms with Crippen LogP contribution in [0.25, 0.3) is 0 Å². The quantitative estimate of drug-likeness (QED) is 0.375. The number of hydrogen-bond donors (Lipinski definition) is 5. The van der Waals surface area contributed by atoms with Crippen molar-refractivity contribution in [2.24, 2.45) is 0 Å². The van der Waals surface area contributed by atoms with Gasteiger partial charge < -0.3 is 29.5 Å². The third kappa shape index (κ3) is 3.22. The van der Waals surface area contributed by atoms with E-state index in [1.54, 1.807) is 4.98 Å². The second-order valence-corrected chi connectivity index (χ2v) is 7.29. The molecule has 0 spiro atoms. The Balaban J connectivity index is 2.44. The van der Waals surface area contributed by atoms with E-state index in [0.717, 1.165) is 13.8 Å². The van der Waals surface area contributed by atoms with Crippen molar-refractivity contribution in [3.63, 3.8) is 0 Å². The molecule has 1 saturated heterocycles. The van der Waals surface area contributed by atoms with Gasteiger partial charge >= 0.3 is 13.3 Å². The maximum absolute atomic E-state index is 13.5. The molecule has 5 N–H and O–H groups in total. The fourth-order valence-electron chi connectivity index (χ4n) is 2.41. The number of aromatic amines is 1. The molecule has 11 nitrogen and oxygen atoms in total. The lowest BCUT2D eigenvalue weighted by atomic mass is 9.94. The topological polar surface area (TPSA) is 171 Å². The van der Waals surface area contributed by atoms with Crippen molar-refractivity contribution in [1.82, 2.24) is 9.55 Å². The largest absolute Gasteiger partial charge is 0.385 e. The fraction of sp³-hybridized carbons (Fsp3) is 0.636. The molecule has 0 aromatic carbocycles. The minimum absolute atomic E-state index is 0.478. The highest BCUT2D eigenvalue weighted by atomic mass is 31.2. The van der Waals surface area contributed by atoms with Crippen LogP contribution in [0.5, 0.6) is 0 Å². The third-order valence-electron chi connectivity index (χ3n) is 3.65. The molecule has 1 aromatic heterocycles. The zero-order chi connectivity index (χ0) is 18.5. The van der Waals surface area contributed by atoms with E-state index in [0.29, 0.717) is 10.8 Å². The number of ether oxygens (including phenoxy) is 2. The van der Waals surface area contributed by atoms with Crippen LogP contribution in [-0.2, 0) is 19.8 Å². The number of hydrogen-bond acceptors (Lipinski definition) is 7. The Morgan fingerprint density at radius 1 is 1.46 bits per heavy atom. The molecule has 0 amide bonds. The molecule has 0 radical (unpaired) electrons. The van der Waals surface area contributed by atoms with Crippen molar-refractivity contribution >= 4 is 7.60 Å². The van der Waals surface area contributed by atoms with Crippen LogP contribution in [0.15, 0.2) is 15.8 Å². The number of H-pyrrole nitrogens is 1. The van der Waals surface area contributed by atoms with Gasteiger partial charge in [0, 0.05) is 0 Å². The first kappa shape index (κ1) is 18.9. The first-order valence-corrected chi connectivity index (χ1v) is 8.35. The van der Waals surface area contributed by atoms with Crippen LogP contribution >= 0.6 is 7.60 Å². The summed E-state index contributed by atoms with van der Waals surface area (Å²) in [6, 6.07) is 0. The predicted molar refractivity (Wildman–Crippen MR) is 74.4 cm³/mol. The number of aliphatic hydroxyl groups excluding tert-OH is 1. The van der Waals surface area contributed by atoms with Gasteiger partial charge in [-0.3, -0.25) is 18.9 Å². The van der Waals surface area contributed by atoms with Crippen LogP contribution in [0.4, 0.5) is 4.39 Å². The van der Waals surface area contributed by atoms with Gasteiger partial charge in [0.2, 0.25) is 5.82 Å². The summed E-state index contributed by atoms with van der Waals surface area (Å²) < 4.78 is 34.9. The van der Waals surface area contributed by atoms with Gasteiger partial charge in [0.25, 0.3) is 5.56 Å². The molecule has 4 atom stereocenters. The smallest absolute Gasteiger partial charge is 0.351 e. The molecule has 2 heterocycles. The Morgan fingerprint density at radius 3 is 2.58 bits per heavy atom. The summed E-state index contributed by atoms with van der Waals surface area (Å²) in [5, 5.41) is 20.6. The van der Waals surface area contributed by atoms with Gasteiger partial charge in [-0.2, -0.15) is 4.39 Å². The Morgan fingerprint density at radius 2 is 2.04 bits per heavy atom. The van der Waals surface area contributed by atoms with Gasteiger partial charge in [-0.15, -0.1) is 0 Å². The van der Waals surface area contributed by atoms with Crippen LogP contribution in [0.1, 0.15) is 13.8 Å². The second-order valence-electron chi connectivity index (χ2n) is 5.70. The predicted octanol–water partition coefficient (Wildman–Crippen LogP) is -2.03. The maximum atomic E-state index is 13.5. The molecule has 1 aromatic rings. The van der Waals surface area contributed by atoms with Gasteiger partial charge in [0.15, 0.2) is 18.4 Å². The van der Waals surface area contributed by atoms with Crippen molar-refractivity contribution in [3.05, 3.63) is 32.9 Å². The monoisotopic (exact) mass is 370 g/mol. The minimum Gasteiger partial charge on any atom is -0.385 e. The number of halogens is 1. The molecule has 13 heteroatoms. The molecule has 2 rings (SSSR count). The van der Waals surface area contributed by atoms with Crippen LogP contribution < -0.4 is 11.2 Å². The van der Waals surface area contributed by atoms with Gasteiger partial charge in [-0.25, -0.2) is 4.79 Å². The molecule has 0 unspecified atom stereocenters. The minimum atomic E-state index is -4.60. The molecular formula is C11H16FN2O9P. The van der Waals surface area contributed by atoms with Crippen molar-refractivity contribution in [3.8, 4) is 0 Å². The molecule has 1 aliphatic rings. The SMILES string of the molecule is C[C@@]1(O)[C@@H](OCP(=O)(O)O)O[C@@](C)(n2cc(F)c(=O)[nH]c2=O)[C@@H]1O. The zero-order valence-corrected chi connectivity index (χ0v) is 13.4. The van der Waals surface area contributed by atoms with E-state index < -0.39 is 54.7 Å². The highest BCUT2D eigenvalue weighted by Gasteiger charge is 2.61. The van der Waals surface area contributed by atoms with Crippen molar-refractivity contribution in [2.75, 3.05) is 6.35 Å². The molecule has 1 fully saturated rings. The van der Waals surface area contributed by atoms with E-state index >= 15 is 0 Å². The molecular weight excluding hydrogens is 354 g/mol. The first-order valence-electron chi connectivity index (χ1n) is 6.55. The number of nitrogens with one attached hydrogen (secondary N) is 1. The summed E-state index contributed by atoms with van der Waals surface area (Å²) >= 11 is 0. The highest BCUT2D eigenvalue weighted by Crippen LogP contribution is 2.43. The van der Waals surface area contributed by atoms with Crippen LogP contribution in [0.2, 0.25) is 0 Å². The van der Waals surface area contributed by atoms with Crippen molar-refractivity contribution in [2.45, 2.75) is 37.6 Å². The van der Waals surface area contributed by atoms with Gasteiger partial charge in [-0.1, -0.05) is 0 Å². The first-order chi connectivity index (χ1) is 10.8. The average molecular weight is 370 g/mol. The van der Waals surface area contributed by atoms with E-state index in [-0.39, 0.29) is 0 Å². The fourth-order valence-corrected chi connectivity index (χ4v) is 2.73. The van der Waals surface area contributed by atoms with Crippen LogP contribution in [-0.4, -0.2) is 53.9 Å². The number of nitrogens with zero attached hydrogens (tertiary/aromatic N) is 1. The molecule has 1 aliphatic heterocycles. The average Bonchev–Trinajstić information content (AvgIpc) is 2.61. The normalized spacial score (nSPS) is 33.8. The zero-order valence-electron chi connectivity index (χ0n) is 12.5. The third-order valence-corrected chi connectivity index (χ3v) is 4.14. The molecule has 136 valence electrons. The number of aliphatic hydroxyl groups is 2. The van der Waals surface area contributed by atoms with E-state index in [1.807, 2.05) is 0 Å². The molecule has 24 heavy (non-hydrogen) atoms. The maximum Gasteiger partial charge on any atom is 0.351 e. The highest BCUT2D eigenvalue weighted by molar-refractivity contribution is 7.51. The lowest BCUT2D eigenvalue weighted by Gasteiger charge is -2.31. The summed E-state index contributed by atoms with van der Waals surface area (Å²) in [6.07, 6.45) is -4.25. The number of rotatable bonds is 4. The molecule has 0 saturated carbocycles. The molecule has 0 bridgehead atoms.